The van der Waals surface area contributed by atoms with Crippen LogP contribution in [0.2, 0.25) is 0 Å². The van der Waals surface area contributed by atoms with Gasteiger partial charge in [0.15, 0.2) is 0 Å². The average Bonchev–Trinajstić information content (AvgIpc) is 2.24. The first-order valence-electron chi connectivity index (χ1n) is 5.23. The zero-order chi connectivity index (χ0) is 12.0. The van der Waals surface area contributed by atoms with Gasteiger partial charge >= 0.3 is 6.18 Å². The fourth-order valence-electron chi connectivity index (χ4n) is 1.44. The van der Waals surface area contributed by atoms with Crippen LogP contribution < -0.4 is 5.32 Å². The van der Waals surface area contributed by atoms with Gasteiger partial charge in [-0.2, -0.15) is 13.2 Å². The van der Waals surface area contributed by atoms with Crippen molar-refractivity contribution in [1.82, 2.24) is 10.3 Å². The molecule has 0 bridgehead atoms. The standard InChI is InChI=1S/C11H15F3N2/c1-2-5-16-10(7-11(12,13)14)9-4-3-6-15-8-9/h3-4,6,8,10,16H,2,5,7H2,1H3. The Bertz CT molecular complexity index is 298. The quantitative estimate of drug-likeness (QED) is 0.843. The summed E-state index contributed by atoms with van der Waals surface area (Å²) in [6.45, 7) is 2.48. The van der Waals surface area contributed by atoms with Crippen molar-refractivity contribution in [3.63, 3.8) is 0 Å². The van der Waals surface area contributed by atoms with E-state index in [0.29, 0.717) is 12.1 Å². The molecule has 1 aromatic heterocycles. The molecule has 90 valence electrons. The summed E-state index contributed by atoms with van der Waals surface area (Å²) in [4.78, 5) is 3.84. The summed E-state index contributed by atoms with van der Waals surface area (Å²) in [5.74, 6) is 0. The Morgan fingerprint density at radius 3 is 2.69 bits per heavy atom. The minimum absolute atomic E-state index is 0.565. The monoisotopic (exact) mass is 232 g/mol. The van der Waals surface area contributed by atoms with Gasteiger partial charge in [-0.15, -0.1) is 0 Å². The predicted molar refractivity (Wildman–Crippen MR) is 55.9 cm³/mol. The first-order valence-corrected chi connectivity index (χ1v) is 5.23. The lowest BCUT2D eigenvalue weighted by Gasteiger charge is -2.20. The number of nitrogens with zero attached hydrogens (tertiary/aromatic N) is 1. The zero-order valence-corrected chi connectivity index (χ0v) is 9.09. The van der Waals surface area contributed by atoms with Crippen LogP contribution in [0.25, 0.3) is 0 Å². The minimum atomic E-state index is -4.17. The number of alkyl halides is 3. The van der Waals surface area contributed by atoms with E-state index in [2.05, 4.69) is 10.3 Å². The van der Waals surface area contributed by atoms with Crippen LogP contribution in [0.1, 0.15) is 31.4 Å². The molecule has 1 atom stereocenters. The summed E-state index contributed by atoms with van der Waals surface area (Å²) < 4.78 is 37.1. The number of aromatic nitrogens is 1. The predicted octanol–water partition coefficient (Wildman–Crippen LogP) is 3.07. The fraction of sp³-hybridized carbons (Fsp3) is 0.545. The topological polar surface area (TPSA) is 24.9 Å². The summed E-state index contributed by atoms with van der Waals surface area (Å²) in [5.41, 5.74) is 0.577. The Morgan fingerprint density at radius 2 is 2.19 bits per heavy atom. The summed E-state index contributed by atoms with van der Waals surface area (Å²) in [5, 5.41) is 2.88. The molecule has 2 nitrogen and oxygen atoms in total. The highest BCUT2D eigenvalue weighted by atomic mass is 19.4. The van der Waals surface area contributed by atoms with Gasteiger partial charge in [0.25, 0.3) is 0 Å². The van der Waals surface area contributed by atoms with Crippen molar-refractivity contribution < 1.29 is 13.2 Å². The third-order valence-electron chi connectivity index (χ3n) is 2.16. The maximum absolute atomic E-state index is 12.4. The van der Waals surface area contributed by atoms with E-state index < -0.39 is 18.6 Å². The van der Waals surface area contributed by atoms with Gasteiger partial charge in [0.05, 0.1) is 6.42 Å². The van der Waals surface area contributed by atoms with E-state index in [1.54, 1.807) is 18.3 Å². The van der Waals surface area contributed by atoms with E-state index >= 15 is 0 Å². The van der Waals surface area contributed by atoms with Crippen LogP contribution in [0.15, 0.2) is 24.5 Å². The number of pyridine rings is 1. The van der Waals surface area contributed by atoms with Crippen LogP contribution in [-0.2, 0) is 0 Å². The lowest BCUT2D eigenvalue weighted by molar-refractivity contribution is -0.140. The average molecular weight is 232 g/mol. The fourth-order valence-corrected chi connectivity index (χ4v) is 1.44. The highest BCUT2D eigenvalue weighted by Crippen LogP contribution is 2.28. The van der Waals surface area contributed by atoms with Gasteiger partial charge < -0.3 is 5.32 Å². The lowest BCUT2D eigenvalue weighted by Crippen LogP contribution is -2.27. The van der Waals surface area contributed by atoms with Crippen molar-refractivity contribution in [3.8, 4) is 0 Å². The number of hydrogen-bond acceptors (Lipinski definition) is 2. The maximum atomic E-state index is 12.4. The van der Waals surface area contributed by atoms with Crippen molar-refractivity contribution in [1.29, 1.82) is 0 Å². The van der Waals surface area contributed by atoms with Crippen LogP contribution in [-0.4, -0.2) is 17.7 Å². The summed E-state index contributed by atoms with van der Waals surface area (Å²) in [6.07, 6.45) is -1.21. The molecule has 0 spiro atoms. The van der Waals surface area contributed by atoms with Gasteiger partial charge in [-0.25, -0.2) is 0 Å². The maximum Gasteiger partial charge on any atom is 0.390 e. The zero-order valence-electron chi connectivity index (χ0n) is 9.09. The molecule has 0 aliphatic rings. The van der Waals surface area contributed by atoms with Crippen molar-refractivity contribution in [3.05, 3.63) is 30.1 Å². The lowest BCUT2D eigenvalue weighted by atomic mass is 10.1. The molecular weight excluding hydrogens is 217 g/mol. The first kappa shape index (κ1) is 13.0. The Balaban J connectivity index is 2.71. The molecule has 0 aliphatic heterocycles. The second-order valence-corrected chi connectivity index (χ2v) is 3.61. The third kappa shape index (κ3) is 4.61. The van der Waals surface area contributed by atoms with Crippen molar-refractivity contribution in [2.45, 2.75) is 32.0 Å². The SMILES string of the molecule is CCCNC(CC(F)(F)F)c1cccnc1. The van der Waals surface area contributed by atoms with Crippen LogP contribution in [0.5, 0.6) is 0 Å². The normalized spacial score (nSPS) is 13.8. The molecule has 0 aliphatic carbocycles. The molecule has 16 heavy (non-hydrogen) atoms. The van der Waals surface area contributed by atoms with Gasteiger partial charge in [-0.1, -0.05) is 13.0 Å². The molecule has 0 radical (unpaired) electrons. The molecule has 0 saturated heterocycles. The van der Waals surface area contributed by atoms with E-state index in [-0.39, 0.29) is 0 Å². The van der Waals surface area contributed by atoms with Crippen molar-refractivity contribution in [2.75, 3.05) is 6.54 Å². The van der Waals surface area contributed by atoms with Crippen LogP contribution in [0.3, 0.4) is 0 Å². The van der Waals surface area contributed by atoms with Gasteiger partial charge in [0.2, 0.25) is 0 Å². The van der Waals surface area contributed by atoms with E-state index in [1.807, 2.05) is 6.92 Å². The number of halogens is 3. The highest BCUT2D eigenvalue weighted by molar-refractivity contribution is 5.14. The van der Waals surface area contributed by atoms with Crippen LogP contribution >= 0.6 is 0 Å². The van der Waals surface area contributed by atoms with Crippen molar-refractivity contribution in [2.24, 2.45) is 0 Å². The molecule has 0 saturated carbocycles. The van der Waals surface area contributed by atoms with E-state index in [9.17, 15) is 13.2 Å². The van der Waals surface area contributed by atoms with Crippen LogP contribution in [0, 0.1) is 0 Å². The minimum Gasteiger partial charge on any atom is -0.310 e. The largest absolute Gasteiger partial charge is 0.390 e. The molecule has 0 amide bonds. The first-order chi connectivity index (χ1) is 7.53. The Hall–Kier alpha value is -1.10. The third-order valence-corrected chi connectivity index (χ3v) is 2.16. The second-order valence-electron chi connectivity index (χ2n) is 3.61. The second kappa shape index (κ2) is 5.84. The summed E-state index contributed by atoms with van der Waals surface area (Å²) >= 11 is 0. The van der Waals surface area contributed by atoms with Gasteiger partial charge in [0.1, 0.15) is 0 Å². The molecule has 1 N–H and O–H groups in total. The van der Waals surface area contributed by atoms with Gasteiger partial charge in [0, 0.05) is 18.4 Å². The Morgan fingerprint density at radius 1 is 1.44 bits per heavy atom. The number of nitrogens with one attached hydrogen (secondary N) is 1. The Labute approximate surface area is 92.9 Å². The molecular formula is C11H15F3N2. The molecule has 1 unspecified atom stereocenters. The molecule has 0 fully saturated rings. The van der Waals surface area contributed by atoms with E-state index in [4.69, 9.17) is 0 Å². The Kier molecular flexibility index (Phi) is 4.73. The van der Waals surface area contributed by atoms with E-state index in [1.165, 1.54) is 6.20 Å². The molecule has 1 aromatic rings. The summed E-state index contributed by atoms with van der Waals surface area (Å²) in [7, 11) is 0. The molecule has 0 aromatic carbocycles. The van der Waals surface area contributed by atoms with Gasteiger partial charge in [-0.3, -0.25) is 4.98 Å². The molecule has 5 heteroatoms. The van der Waals surface area contributed by atoms with Gasteiger partial charge in [-0.05, 0) is 24.6 Å². The van der Waals surface area contributed by atoms with Crippen LogP contribution in [0.4, 0.5) is 13.2 Å². The smallest absolute Gasteiger partial charge is 0.310 e. The summed E-state index contributed by atoms with van der Waals surface area (Å²) in [6, 6.07) is 2.60. The number of rotatable bonds is 5. The molecule has 1 heterocycles. The number of hydrogen-bond donors (Lipinski definition) is 1. The highest BCUT2D eigenvalue weighted by Gasteiger charge is 2.32. The van der Waals surface area contributed by atoms with Crippen molar-refractivity contribution >= 4 is 0 Å². The molecule has 1 rings (SSSR count). The van der Waals surface area contributed by atoms with E-state index in [0.717, 1.165) is 6.42 Å².